The van der Waals surface area contributed by atoms with E-state index >= 15 is 0 Å². The average Bonchev–Trinajstić information content (AvgIpc) is 2.42. The SMILES string of the molecule is C=C(C(C(=O)O)=C(C=Cc1ccccc1)C(=O)O)S(=O)(=O)O. The summed E-state index contributed by atoms with van der Waals surface area (Å²) in [6.07, 6.45) is 2.22. The van der Waals surface area contributed by atoms with Crippen LogP contribution >= 0.6 is 0 Å². The molecular formula is C14H12O7S. The fourth-order valence-electron chi connectivity index (χ4n) is 1.52. The van der Waals surface area contributed by atoms with Gasteiger partial charge in [-0.25, -0.2) is 9.59 Å². The minimum atomic E-state index is -4.94. The zero-order chi connectivity index (χ0) is 16.9. The molecule has 0 saturated carbocycles. The van der Waals surface area contributed by atoms with E-state index in [0.717, 1.165) is 6.08 Å². The maximum atomic E-state index is 11.2. The minimum Gasteiger partial charge on any atom is -0.478 e. The number of benzene rings is 1. The van der Waals surface area contributed by atoms with E-state index < -0.39 is 38.1 Å². The van der Waals surface area contributed by atoms with Gasteiger partial charge >= 0.3 is 11.9 Å². The van der Waals surface area contributed by atoms with Crippen LogP contribution in [-0.2, 0) is 19.7 Å². The number of carboxylic acids is 2. The molecular weight excluding hydrogens is 312 g/mol. The minimum absolute atomic E-state index is 0.573. The van der Waals surface area contributed by atoms with Crippen molar-refractivity contribution in [3.63, 3.8) is 0 Å². The first kappa shape index (κ1) is 17.3. The second-order valence-electron chi connectivity index (χ2n) is 4.04. The van der Waals surface area contributed by atoms with Gasteiger partial charge in [0.2, 0.25) is 0 Å². The molecule has 3 N–H and O–H groups in total. The molecule has 0 aromatic heterocycles. The normalized spacial score (nSPS) is 12.8. The molecule has 8 heteroatoms. The Morgan fingerprint density at radius 2 is 1.59 bits per heavy atom. The van der Waals surface area contributed by atoms with Gasteiger partial charge < -0.3 is 10.2 Å². The van der Waals surface area contributed by atoms with Gasteiger partial charge in [-0.3, -0.25) is 4.55 Å². The molecule has 0 aliphatic carbocycles. The van der Waals surface area contributed by atoms with Crippen molar-refractivity contribution in [3.05, 3.63) is 64.6 Å². The van der Waals surface area contributed by atoms with Crippen LogP contribution in [-0.4, -0.2) is 35.1 Å². The summed E-state index contributed by atoms with van der Waals surface area (Å²) in [5, 5.41) is 18.1. The van der Waals surface area contributed by atoms with Crippen LogP contribution in [0.2, 0.25) is 0 Å². The lowest BCUT2D eigenvalue weighted by atomic mass is 10.1. The number of hydrogen-bond donors (Lipinski definition) is 3. The van der Waals surface area contributed by atoms with Crippen molar-refractivity contribution in [3.8, 4) is 0 Å². The maximum Gasteiger partial charge on any atom is 0.337 e. The zero-order valence-corrected chi connectivity index (χ0v) is 11.9. The molecule has 0 heterocycles. The second kappa shape index (κ2) is 6.83. The number of rotatable bonds is 6. The van der Waals surface area contributed by atoms with Gasteiger partial charge in [0.1, 0.15) is 4.91 Å². The highest BCUT2D eigenvalue weighted by Crippen LogP contribution is 2.21. The third kappa shape index (κ3) is 4.40. The molecule has 1 rings (SSSR count). The summed E-state index contributed by atoms with van der Waals surface area (Å²) >= 11 is 0. The molecule has 7 nitrogen and oxygen atoms in total. The first-order valence-electron chi connectivity index (χ1n) is 5.75. The summed E-state index contributed by atoms with van der Waals surface area (Å²) in [6.45, 7) is 2.93. The van der Waals surface area contributed by atoms with E-state index in [1.165, 1.54) is 6.08 Å². The second-order valence-corrected chi connectivity index (χ2v) is 5.48. The Hall–Kier alpha value is -2.71. The van der Waals surface area contributed by atoms with E-state index in [4.69, 9.17) is 14.8 Å². The van der Waals surface area contributed by atoms with E-state index in [1.54, 1.807) is 30.3 Å². The Balaban J connectivity index is 3.47. The van der Waals surface area contributed by atoms with Crippen molar-refractivity contribution in [2.45, 2.75) is 0 Å². The highest BCUT2D eigenvalue weighted by Gasteiger charge is 2.27. The van der Waals surface area contributed by atoms with Crippen LogP contribution in [0.3, 0.4) is 0 Å². The molecule has 116 valence electrons. The Kier molecular flexibility index (Phi) is 5.39. The van der Waals surface area contributed by atoms with Crippen molar-refractivity contribution in [1.29, 1.82) is 0 Å². The van der Waals surface area contributed by atoms with Crippen molar-refractivity contribution >= 4 is 28.1 Å². The Bertz CT molecular complexity index is 771. The predicted octanol–water partition coefficient (Wildman–Crippen LogP) is 1.57. The molecule has 0 fully saturated rings. The summed E-state index contributed by atoms with van der Waals surface area (Å²) in [7, 11) is -4.94. The van der Waals surface area contributed by atoms with E-state index in [1.807, 2.05) is 0 Å². The molecule has 0 unspecified atom stereocenters. The lowest BCUT2D eigenvalue weighted by molar-refractivity contribution is -0.135. The molecule has 0 bridgehead atoms. The standard InChI is InChI=1S/C14H12O7S/c1-9(22(19,20)21)12(14(17)18)11(13(15)16)8-7-10-5-3-2-4-6-10/h2-8H,1H2,(H,15,16)(H,17,18)(H,19,20,21). The summed E-state index contributed by atoms with van der Waals surface area (Å²) in [6, 6.07) is 8.36. The molecule has 0 saturated heterocycles. The molecule has 1 aromatic rings. The highest BCUT2D eigenvalue weighted by molar-refractivity contribution is 7.90. The Labute approximate surface area is 126 Å². The summed E-state index contributed by atoms with van der Waals surface area (Å²) in [4.78, 5) is 21.2. The van der Waals surface area contributed by atoms with Crippen LogP contribution in [0.15, 0.2) is 59.0 Å². The fourth-order valence-corrected chi connectivity index (χ4v) is 1.97. The molecule has 1 aromatic carbocycles. The molecule has 0 spiro atoms. The van der Waals surface area contributed by atoms with Crippen LogP contribution in [0.5, 0.6) is 0 Å². The largest absolute Gasteiger partial charge is 0.478 e. The Morgan fingerprint density at radius 3 is 2.00 bits per heavy atom. The van der Waals surface area contributed by atoms with E-state index in [9.17, 15) is 18.0 Å². The van der Waals surface area contributed by atoms with Gasteiger partial charge in [-0.1, -0.05) is 43.0 Å². The van der Waals surface area contributed by atoms with Gasteiger partial charge in [0, 0.05) is 0 Å². The first-order valence-corrected chi connectivity index (χ1v) is 7.19. The van der Waals surface area contributed by atoms with Crippen LogP contribution < -0.4 is 0 Å². The molecule has 0 aliphatic heterocycles. The van der Waals surface area contributed by atoms with Crippen LogP contribution in [0.25, 0.3) is 6.08 Å². The van der Waals surface area contributed by atoms with E-state index in [0.29, 0.717) is 5.56 Å². The maximum absolute atomic E-state index is 11.2. The fraction of sp³-hybridized carbons (Fsp3) is 0. The van der Waals surface area contributed by atoms with E-state index in [2.05, 4.69) is 6.58 Å². The van der Waals surface area contributed by atoms with Crippen molar-refractivity contribution in [1.82, 2.24) is 0 Å². The van der Waals surface area contributed by atoms with Gasteiger partial charge in [0.15, 0.2) is 0 Å². The van der Waals surface area contributed by atoms with Crippen molar-refractivity contribution < 1.29 is 32.8 Å². The summed E-state index contributed by atoms with van der Waals surface area (Å²) < 4.78 is 30.9. The smallest absolute Gasteiger partial charge is 0.337 e. The average molecular weight is 324 g/mol. The number of hydrogen-bond acceptors (Lipinski definition) is 4. The van der Waals surface area contributed by atoms with E-state index in [-0.39, 0.29) is 0 Å². The van der Waals surface area contributed by atoms with Gasteiger partial charge in [-0.05, 0) is 11.6 Å². The highest BCUT2D eigenvalue weighted by atomic mass is 32.2. The summed E-state index contributed by atoms with van der Waals surface area (Å²) in [5.74, 6) is -3.51. The quantitative estimate of drug-likeness (QED) is 0.411. The Morgan fingerprint density at radius 1 is 1.05 bits per heavy atom. The lowest BCUT2D eigenvalue weighted by Gasteiger charge is -2.06. The molecule has 0 aliphatic rings. The van der Waals surface area contributed by atoms with Crippen LogP contribution in [0.4, 0.5) is 0 Å². The zero-order valence-electron chi connectivity index (χ0n) is 11.1. The third-order valence-corrected chi connectivity index (χ3v) is 3.37. The van der Waals surface area contributed by atoms with Crippen LogP contribution in [0, 0.1) is 0 Å². The van der Waals surface area contributed by atoms with Gasteiger partial charge in [-0.2, -0.15) is 8.42 Å². The van der Waals surface area contributed by atoms with Gasteiger partial charge in [0.25, 0.3) is 10.1 Å². The van der Waals surface area contributed by atoms with Gasteiger partial charge in [0.05, 0.1) is 11.1 Å². The van der Waals surface area contributed by atoms with Crippen molar-refractivity contribution in [2.24, 2.45) is 0 Å². The third-order valence-electron chi connectivity index (χ3n) is 2.55. The lowest BCUT2D eigenvalue weighted by Crippen LogP contribution is -2.16. The van der Waals surface area contributed by atoms with Gasteiger partial charge in [-0.15, -0.1) is 0 Å². The number of aliphatic carboxylic acids is 2. The monoisotopic (exact) mass is 324 g/mol. The summed E-state index contributed by atoms with van der Waals surface area (Å²) in [5.41, 5.74) is -1.36. The molecule has 0 radical (unpaired) electrons. The molecule has 0 atom stereocenters. The van der Waals surface area contributed by atoms with Crippen molar-refractivity contribution in [2.75, 3.05) is 0 Å². The molecule has 0 amide bonds. The van der Waals surface area contributed by atoms with Crippen LogP contribution in [0.1, 0.15) is 5.56 Å². The topological polar surface area (TPSA) is 129 Å². The molecule has 22 heavy (non-hydrogen) atoms. The number of carboxylic acid groups (broad SMARTS) is 2. The predicted molar refractivity (Wildman–Crippen MR) is 78.5 cm³/mol. The number of carbonyl (C=O) groups is 2. The first-order chi connectivity index (χ1) is 10.1.